The molecule has 0 rings (SSSR count). The summed E-state index contributed by atoms with van der Waals surface area (Å²) < 4.78 is 0. The summed E-state index contributed by atoms with van der Waals surface area (Å²) in [6.45, 7) is 4.58. The minimum atomic E-state index is 0. The Morgan fingerprint density at radius 2 is 0.529 bits per heavy atom. The molecule has 0 unspecified atom stereocenters. The second-order valence-electron chi connectivity index (χ2n) is 5.24. The Hall–Kier alpha value is 1.00. The summed E-state index contributed by atoms with van der Waals surface area (Å²) in [5.41, 5.74) is 0. The van der Waals surface area contributed by atoms with Crippen LogP contribution < -0.4 is 0 Å². The van der Waals surface area contributed by atoms with Gasteiger partial charge in [-0.05, 0) is 0 Å². The van der Waals surface area contributed by atoms with Gasteiger partial charge in [0, 0.05) is 29.6 Å². The molecule has 0 aromatic rings. The van der Waals surface area contributed by atoms with Crippen LogP contribution in [0.25, 0.3) is 0 Å². The first kappa shape index (κ1) is 20.3. The van der Waals surface area contributed by atoms with E-state index in [-0.39, 0.29) is 29.6 Å². The van der Waals surface area contributed by atoms with Crippen molar-refractivity contribution in [2.24, 2.45) is 0 Å². The molecule has 0 fully saturated rings. The van der Waals surface area contributed by atoms with Crippen LogP contribution in [-0.4, -0.2) is 29.6 Å². The molecule has 0 aliphatic rings. The van der Waals surface area contributed by atoms with Crippen molar-refractivity contribution in [2.45, 2.75) is 104 Å². The van der Waals surface area contributed by atoms with E-state index in [1.54, 1.807) is 0 Å². The zero-order valence-electron chi connectivity index (χ0n) is 12.9. The van der Waals surface area contributed by atoms with Gasteiger partial charge in [0.15, 0.2) is 0 Å². The average molecular weight is 249 g/mol. The Kier molecular flexibility index (Phi) is 23.1. The summed E-state index contributed by atoms with van der Waals surface area (Å²) in [5.74, 6) is 0. The van der Waals surface area contributed by atoms with E-state index < -0.39 is 0 Å². The van der Waals surface area contributed by atoms with Crippen molar-refractivity contribution in [3.8, 4) is 0 Å². The van der Waals surface area contributed by atoms with Crippen LogP contribution in [-0.2, 0) is 0 Å². The summed E-state index contributed by atoms with van der Waals surface area (Å²) in [6.07, 6.45) is 20.4. The maximum Gasteiger partial charge on any atom is 0 e. The van der Waals surface area contributed by atoms with E-state index in [1.165, 1.54) is 89.9 Å². The van der Waals surface area contributed by atoms with Gasteiger partial charge < -0.3 is 0 Å². The third-order valence-corrected chi connectivity index (χ3v) is 3.46. The standard InChI is InChI=1S/C16H34.Na/c1-3-5-7-9-11-13-15-16-14-12-10-8-6-4-2;/h3-16H2,1-2H3;. The third-order valence-electron chi connectivity index (χ3n) is 3.46. The fraction of sp³-hybridized carbons (Fsp3) is 1.00. The van der Waals surface area contributed by atoms with E-state index in [1.807, 2.05) is 0 Å². The first-order valence-corrected chi connectivity index (χ1v) is 7.91. The van der Waals surface area contributed by atoms with E-state index in [4.69, 9.17) is 0 Å². The SMILES string of the molecule is CCCCCCCCCCCCCCCC.[Na]. The monoisotopic (exact) mass is 249 g/mol. The maximum absolute atomic E-state index is 2.29. The van der Waals surface area contributed by atoms with Gasteiger partial charge in [0.25, 0.3) is 0 Å². The minimum Gasteiger partial charge on any atom is -0.0654 e. The molecule has 0 aromatic heterocycles. The Bertz CT molecular complexity index is 98.1. The second-order valence-corrected chi connectivity index (χ2v) is 5.24. The fourth-order valence-electron chi connectivity index (χ4n) is 2.27. The second kappa shape index (κ2) is 19.3. The van der Waals surface area contributed by atoms with Gasteiger partial charge in [0.2, 0.25) is 0 Å². The average Bonchev–Trinajstić information content (AvgIpc) is 2.31. The molecule has 0 aliphatic carbocycles. The molecule has 0 amide bonds. The largest absolute Gasteiger partial charge is 0.0654 e. The van der Waals surface area contributed by atoms with E-state index >= 15 is 0 Å². The summed E-state index contributed by atoms with van der Waals surface area (Å²) in [5, 5.41) is 0. The van der Waals surface area contributed by atoms with Crippen LogP contribution >= 0.6 is 0 Å². The number of hydrogen-bond donors (Lipinski definition) is 0. The van der Waals surface area contributed by atoms with Gasteiger partial charge in [-0.15, -0.1) is 0 Å². The molecule has 0 saturated carbocycles. The molecule has 0 aliphatic heterocycles. The quantitative estimate of drug-likeness (QED) is 0.273. The molecule has 0 N–H and O–H groups in total. The summed E-state index contributed by atoms with van der Waals surface area (Å²) in [6, 6.07) is 0. The van der Waals surface area contributed by atoms with Crippen LogP contribution in [0.4, 0.5) is 0 Å². The molecular formula is C16H34Na. The van der Waals surface area contributed by atoms with Crippen LogP contribution in [0.3, 0.4) is 0 Å². The van der Waals surface area contributed by atoms with E-state index in [0.717, 1.165) is 0 Å². The molecule has 0 spiro atoms. The van der Waals surface area contributed by atoms with Gasteiger partial charge in [-0.3, -0.25) is 0 Å². The molecule has 1 radical (unpaired) electrons. The molecule has 0 atom stereocenters. The Labute approximate surface area is 133 Å². The van der Waals surface area contributed by atoms with E-state index in [2.05, 4.69) is 13.8 Å². The van der Waals surface area contributed by atoms with Crippen LogP contribution in [0, 0.1) is 0 Å². The first-order valence-electron chi connectivity index (χ1n) is 7.91. The molecule has 0 aromatic carbocycles. The molecule has 17 heavy (non-hydrogen) atoms. The van der Waals surface area contributed by atoms with Gasteiger partial charge in [-0.1, -0.05) is 104 Å². The van der Waals surface area contributed by atoms with Gasteiger partial charge in [0.05, 0.1) is 0 Å². The third kappa shape index (κ3) is 19.5. The number of unbranched alkanes of at least 4 members (excludes halogenated alkanes) is 13. The smallest absolute Gasteiger partial charge is 0 e. The van der Waals surface area contributed by atoms with E-state index in [0.29, 0.717) is 0 Å². The fourth-order valence-corrected chi connectivity index (χ4v) is 2.27. The Balaban J connectivity index is 0. The summed E-state index contributed by atoms with van der Waals surface area (Å²) in [7, 11) is 0. The minimum absolute atomic E-state index is 0. The molecule has 0 heterocycles. The molecule has 99 valence electrons. The van der Waals surface area contributed by atoms with Crippen molar-refractivity contribution in [3.05, 3.63) is 0 Å². The van der Waals surface area contributed by atoms with Crippen molar-refractivity contribution >= 4 is 29.6 Å². The zero-order chi connectivity index (χ0) is 11.9. The van der Waals surface area contributed by atoms with Crippen LogP contribution in [0.15, 0.2) is 0 Å². The van der Waals surface area contributed by atoms with Gasteiger partial charge in [-0.25, -0.2) is 0 Å². The molecule has 1 heteroatoms. The molecular weight excluding hydrogens is 215 g/mol. The summed E-state index contributed by atoms with van der Waals surface area (Å²) >= 11 is 0. The zero-order valence-corrected chi connectivity index (χ0v) is 14.9. The van der Waals surface area contributed by atoms with Crippen LogP contribution in [0.5, 0.6) is 0 Å². The van der Waals surface area contributed by atoms with Crippen molar-refractivity contribution in [1.82, 2.24) is 0 Å². The van der Waals surface area contributed by atoms with E-state index in [9.17, 15) is 0 Å². The van der Waals surface area contributed by atoms with Crippen molar-refractivity contribution in [2.75, 3.05) is 0 Å². The number of hydrogen-bond acceptors (Lipinski definition) is 0. The van der Waals surface area contributed by atoms with Crippen molar-refractivity contribution in [3.63, 3.8) is 0 Å². The molecule has 0 saturated heterocycles. The normalized spacial score (nSPS) is 10.2. The van der Waals surface area contributed by atoms with Gasteiger partial charge >= 0.3 is 0 Å². The predicted molar refractivity (Wildman–Crippen MR) is 81.7 cm³/mol. The van der Waals surface area contributed by atoms with Gasteiger partial charge in [0.1, 0.15) is 0 Å². The maximum atomic E-state index is 2.29. The molecule has 0 bridgehead atoms. The van der Waals surface area contributed by atoms with Crippen molar-refractivity contribution < 1.29 is 0 Å². The van der Waals surface area contributed by atoms with Gasteiger partial charge in [-0.2, -0.15) is 0 Å². The predicted octanol–water partition coefficient (Wildman–Crippen LogP) is 6.11. The van der Waals surface area contributed by atoms with Crippen LogP contribution in [0.1, 0.15) is 104 Å². The molecule has 0 nitrogen and oxygen atoms in total. The Morgan fingerprint density at radius 1 is 0.353 bits per heavy atom. The summed E-state index contributed by atoms with van der Waals surface area (Å²) in [4.78, 5) is 0. The topological polar surface area (TPSA) is 0 Å². The van der Waals surface area contributed by atoms with Crippen molar-refractivity contribution in [1.29, 1.82) is 0 Å². The Morgan fingerprint density at radius 3 is 0.706 bits per heavy atom. The number of rotatable bonds is 13. The van der Waals surface area contributed by atoms with Crippen LogP contribution in [0.2, 0.25) is 0 Å². The first-order chi connectivity index (χ1) is 7.91.